The Bertz CT molecular complexity index is 732. The Morgan fingerprint density at radius 3 is 3.09 bits per heavy atom. The van der Waals surface area contributed by atoms with E-state index in [2.05, 4.69) is 15.6 Å². The number of amides is 2. The van der Waals surface area contributed by atoms with Gasteiger partial charge < -0.3 is 10.6 Å². The molecule has 1 saturated heterocycles. The molecule has 0 saturated carbocycles. The van der Waals surface area contributed by atoms with Crippen LogP contribution in [0.25, 0.3) is 10.6 Å². The summed E-state index contributed by atoms with van der Waals surface area (Å²) in [4.78, 5) is 28.5. The van der Waals surface area contributed by atoms with Gasteiger partial charge in [0.25, 0.3) is 5.91 Å². The van der Waals surface area contributed by atoms with Gasteiger partial charge in [-0.2, -0.15) is 0 Å². The van der Waals surface area contributed by atoms with Crippen LogP contribution in [-0.4, -0.2) is 29.4 Å². The lowest BCUT2D eigenvalue weighted by Crippen LogP contribution is -2.45. The van der Waals surface area contributed by atoms with E-state index in [1.54, 1.807) is 17.5 Å². The highest BCUT2D eigenvalue weighted by atomic mass is 35.5. The molecule has 1 unspecified atom stereocenters. The van der Waals surface area contributed by atoms with E-state index >= 15 is 0 Å². The molecule has 2 amide bonds. The summed E-state index contributed by atoms with van der Waals surface area (Å²) < 4.78 is 0. The first-order valence-corrected chi connectivity index (χ1v) is 8.69. The molecule has 1 aliphatic rings. The molecule has 2 aromatic rings. The average molecular weight is 350 g/mol. The molecule has 3 rings (SSSR count). The number of carbonyl (C=O) groups excluding carboxylic acids is 2. The molecule has 7 heteroatoms. The van der Waals surface area contributed by atoms with Crippen molar-refractivity contribution in [1.29, 1.82) is 0 Å². The summed E-state index contributed by atoms with van der Waals surface area (Å²) in [6.45, 7) is 0.667. The fourth-order valence-corrected chi connectivity index (χ4v) is 3.43. The van der Waals surface area contributed by atoms with E-state index in [-0.39, 0.29) is 11.8 Å². The molecule has 5 nitrogen and oxygen atoms in total. The molecular formula is C16H16ClN3O2S. The maximum Gasteiger partial charge on any atom is 0.271 e. The molecule has 1 fully saturated rings. The van der Waals surface area contributed by atoms with E-state index in [1.807, 2.05) is 12.1 Å². The van der Waals surface area contributed by atoms with E-state index in [0.717, 1.165) is 23.4 Å². The number of benzene rings is 1. The number of hydrogen-bond donors (Lipinski definition) is 2. The molecule has 1 aromatic carbocycles. The van der Waals surface area contributed by atoms with Crippen molar-refractivity contribution < 1.29 is 9.59 Å². The molecule has 1 aliphatic heterocycles. The van der Waals surface area contributed by atoms with Gasteiger partial charge in [-0.05, 0) is 31.4 Å². The number of nitrogens with zero attached hydrogens (tertiary/aromatic N) is 1. The molecule has 0 bridgehead atoms. The molecule has 1 atom stereocenters. The second-order valence-corrected chi connectivity index (χ2v) is 6.66. The lowest BCUT2D eigenvalue weighted by molar-refractivity contribution is -0.122. The second kappa shape index (κ2) is 7.10. The molecule has 1 aromatic heterocycles. The minimum absolute atomic E-state index is 0.124. The van der Waals surface area contributed by atoms with Gasteiger partial charge in [-0.1, -0.05) is 23.7 Å². The smallest absolute Gasteiger partial charge is 0.271 e. The van der Waals surface area contributed by atoms with Crippen molar-refractivity contribution in [1.82, 2.24) is 15.6 Å². The molecular weight excluding hydrogens is 334 g/mol. The van der Waals surface area contributed by atoms with Crippen molar-refractivity contribution in [2.75, 3.05) is 6.54 Å². The van der Waals surface area contributed by atoms with Crippen LogP contribution in [0, 0.1) is 0 Å². The third kappa shape index (κ3) is 3.89. The fraction of sp³-hybridized carbons (Fsp3) is 0.312. The normalized spacial score (nSPS) is 18.1. The summed E-state index contributed by atoms with van der Waals surface area (Å²) in [6.07, 6.45) is 2.51. The minimum Gasteiger partial charge on any atom is -0.354 e. The Hall–Kier alpha value is -1.92. The molecule has 2 N–H and O–H groups in total. The van der Waals surface area contributed by atoms with Crippen LogP contribution >= 0.6 is 22.9 Å². The summed E-state index contributed by atoms with van der Waals surface area (Å²) in [7, 11) is 0. The number of thiazole rings is 1. The molecule has 2 heterocycles. The lowest BCUT2D eigenvalue weighted by atomic mass is 10.1. The van der Waals surface area contributed by atoms with E-state index in [0.29, 0.717) is 23.7 Å². The van der Waals surface area contributed by atoms with Gasteiger partial charge in [-0.25, -0.2) is 4.98 Å². The Morgan fingerprint density at radius 1 is 1.39 bits per heavy atom. The van der Waals surface area contributed by atoms with Gasteiger partial charge in [0.15, 0.2) is 0 Å². The van der Waals surface area contributed by atoms with Crippen molar-refractivity contribution >= 4 is 34.8 Å². The highest BCUT2D eigenvalue weighted by Gasteiger charge is 2.24. The summed E-state index contributed by atoms with van der Waals surface area (Å²) >= 11 is 7.35. The number of hydrogen-bond acceptors (Lipinski definition) is 4. The Kier molecular flexibility index (Phi) is 4.93. The van der Waals surface area contributed by atoms with Crippen LogP contribution in [0.1, 0.15) is 29.8 Å². The number of nitrogens with one attached hydrogen (secondary N) is 2. The fourth-order valence-electron chi connectivity index (χ4n) is 2.44. The van der Waals surface area contributed by atoms with E-state index in [9.17, 15) is 9.59 Å². The quantitative estimate of drug-likeness (QED) is 0.895. The Balaban J connectivity index is 1.72. The third-order valence-corrected chi connectivity index (χ3v) is 4.78. The van der Waals surface area contributed by atoms with Gasteiger partial charge in [0.05, 0.1) is 0 Å². The third-order valence-electron chi connectivity index (χ3n) is 3.65. The Morgan fingerprint density at radius 2 is 2.26 bits per heavy atom. The van der Waals surface area contributed by atoms with Crippen molar-refractivity contribution in [2.45, 2.75) is 25.3 Å². The minimum atomic E-state index is -0.485. The highest BCUT2D eigenvalue weighted by Crippen LogP contribution is 2.26. The predicted octanol–water partition coefficient (Wildman–Crippen LogP) is 2.86. The maximum absolute atomic E-state index is 12.3. The maximum atomic E-state index is 12.3. The van der Waals surface area contributed by atoms with Crippen LogP contribution in [0.15, 0.2) is 29.6 Å². The SMILES string of the molecule is O=C(NC1CCCCNC1=O)c1csc(-c2cccc(Cl)c2)n1. The van der Waals surface area contributed by atoms with Crippen molar-refractivity contribution in [3.8, 4) is 10.6 Å². The van der Waals surface area contributed by atoms with Gasteiger partial charge in [0.1, 0.15) is 16.7 Å². The summed E-state index contributed by atoms with van der Waals surface area (Å²) in [5.74, 6) is -0.447. The zero-order valence-corrected chi connectivity index (χ0v) is 13.9. The van der Waals surface area contributed by atoms with Gasteiger partial charge in [-0.15, -0.1) is 11.3 Å². The average Bonchev–Trinajstić information content (AvgIpc) is 2.95. The number of aromatic nitrogens is 1. The van der Waals surface area contributed by atoms with Crippen LogP contribution in [0.5, 0.6) is 0 Å². The zero-order valence-electron chi connectivity index (χ0n) is 12.3. The lowest BCUT2D eigenvalue weighted by Gasteiger charge is -2.14. The topological polar surface area (TPSA) is 71.1 Å². The molecule has 0 aliphatic carbocycles. The summed E-state index contributed by atoms with van der Waals surface area (Å²) in [5, 5.41) is 8.61. The number of rotatable bonds is 3. The monoisotopic (exact) mass is 349 g/mol. The first-order valence-electron chi connectivity index (χ1n) is 7.43. The van der Waals surface area contributed by atoms with Crippen LogP contribution < -0.4 is 10.6 Å². The van der Waals surface area contributed by atoms with E-state index in [4.69, 9.17) is 11.6 Å². The van der Waals surface area contributed by atoms with Gasteiger partial charge in [0.2, 0.25) is 5.91 Å². The number of carbonyl (C=O) groups is 2. The van der Waals surface area contributed by atoms with Gasteiger partial charge >= 0.3 is 0 Å². The number of halogens is 1. The predicted molar refractivity (Wildman–Crippen MR) is 90.7 cm³/mol. The molecule has 0 radical (unpaired) electrons. The standard InChI is InChI=1S/C16H16ClN3O2S/c17-11-5-3-4-10(8-11)16-20-13(9-23-16)15(22)19-12-6-1-2-7-18-14(12)21/h3-5,8-9,12H,1-2,6-7H2,(H,18,21)(H,19,22). The second-order valence-electron chi connectivity index (χ2n) is 5.36. The molecule has 23 heavy (non-hydrogen) atoms. The van der Waals surface area contributed by atoms with Gasteiger partial charge in [0, 0.05) is 22.5 Å². The zero-order chi connectivity index (χ0) is 16.2. The van der Waals surface area contributed by atoms with Crippen molar-refractivity contribution in [3.05, 3.63) is 40.4 Å². The molecule has 0 spiro atoms. The largest absolute Gasteiger partial charge is 0.354 e. The first-order chi connectivity index (χ1) is 11.1. The summed E-state index contributed by atoms with van der Waals surface area (Å²) in [6, 6.07) is 6.85. The van der Waals surface area contributed by atoms with Crippen LogP contribution in [0.3, 0.4) is 0 Å². The van der Waals surface area contributed by atoms with E-state index < -0.39 is 6.04 Å². The van der Waals surface area contributed by atoms with Crippen LogP contribution in [0.4, 0.5) is 0 Å². The van der Waals surface area contributed by atoms with Gasteiger partial charge in [-0.3, -0.25) is 9.59 Å². The molecule has 120 valence electrons. The van der Waals surface area contributed by atoms with E-state index in [1.165, 1.54) is 11.3 Å². The Labute approximate surface area is 143 Å². The van der Waals surface area contributed by atoms with Crippen LogP contribution in [-0.2, 0) is 4.79 Å². The summed E-state index contributed by atoms with van der Waals surface area (Å²) in [5.41, 5.74) is 1.19. The first kappa shape index (κ1) is 16.0. The van der Waals surface area contributed by atoms with Crippen LogP contribution in [0.2, 0.25) is 5.02 Å². The van der Waals surface area contributed by atoms with Crippen molar-refractivity contribution in [2.24, 2.45) is 0 Å². The highest BCUT2D eigenvalue weighted by molar-refractivity contribution is 7.13. The van der Waals surface area contributed by atoms with Crippen molar-refractivity contribution in [3.63, 3.8) is 0 Å².